The highest BCUT2D eigenvalue weighted by molar-refractivity contribution is 6.30. The number of nitrogens with zero attached hydrogens (tertiary/aromatic N) is 2. The molecule has 3 amide bonds. The smallest absolute Gasteiger partial charge is 0.419 e. The van der Waals surface area contributed by atoms with Gasteiger partial charge in [-0.3, -0.25) is 9.59 Å². The molecule has 1 fully saturated rings. The number of halogens is 2. The molecule has 4 atom stereocenters. The fourth-order valence-corrected chi connectivity index (χ4v) is 6.09. The molecule has 9 nitrogen and oxygen atoms in total. The molecule has 1 heterocycles. The molecule has 1 saturated heterocycles. The third-order valence-electron chi connectivity index (χ3n) is 7.83. The van der Waals surface area contributed by atoms with E-state index in [-0.39, 0.29) is 31.2 Å². The van der Waals surface area contributed by atoms with Crippen LogP contribution in [0.2, 0.25) is 10.0 Å². The lowest BCUT2D eigenvalue weighted by Gasteiger charge is -2.51. The predicted octanol–water partition coefficient (Wildman–Crippen LogP) is 8.57. The van der Waals surface area contributed by atoms with Gasteiger partial charge < -0.3 is 19.1 Å². The number of rotatable bonds is 8. The first-order valence-corrected chi connectivity index (χ1v) is 16.1. The van der Waals surface area contributed by atoms with Crippen LogP contribution in [-0.2, 0) is 23.8 Å². The first kappa shape index (κ1) is 37.2. The number of ether oxygens (including phenoxy) is 3. The van der Waals surface area contributed by atoms with Gasteiger partial charge in [0.25, 0.3) is 0 Å². The zero-order chi connectivity index (χ0) is 34.6. The molecule has 2 aromatic carbocycles. The molecule has 46 heavy (non-hydrogen) atoms. The molecule has 0 spiro atoms. The number of methoxy groups -OCH3 is 1. The number of amides is 3. The third kappa shape index (κ3) is 9.61. The summed E-state index contributed by atoms with van der Waals surface area (Å²) in [5.41, 5.74) is -1.09. The van der Waals surface area contributed by atoms with Gasteiger partial charge in [-0.05, 0) is 96.7 Å². The van der Waals surface area contributed by atoms with E-state index in [0.717, 1.165) is 16.0 Å². The summed E-state index contributed by atoms with van der Waals surface area (Å²) in [4.78, 5) is 56.4. The van der Waals surface area contributed by atoms with E-state index >= 15 is 0 Å². The minimum Gasteiger partial charge on any atom is -0.469 e. The van der Waals surface area contributed by atoms with Crippen molar-refractivity contribution in [3.63, 3.8) is 0 Å². The van der Waals surface area contributed by atoms with E-state index in [9.17, 15) is 19.2 Å². The zero-order valence-corrected chi connectivity index (χ0v) is 29.7. The van der Waals surface area contributed by atoms with Crippen LogP contribution < -0.4 is 0 Å². The molecular weight excluding hydrogens is 631 g/mol. The van der Waals surface area contributed by atoms with E-state index in [1.165, 1.54) is 7.11 Å². The van der Waals surface area contributed by atoms with Crippen LogP contribution in [0.4, 0.5) is 9.59 Å². The molecule has 11 heteroatoms. The van der Waals surface area contributed by atoms with Crippen molar-refractivity contribution in [2.45, 2.75) is 104 Å². The van der Waals surface area contributed by atoms with Gasteiger partial charge in [-0.15, -0.1) is 0 Å². The lowest BCUT2D eigenvalue weighted by Crippen LogP contribution is -2.56. The van der Waals surface area contributed by atoms with E-state index in [2.05, 4.69) is 0 Å². The van der Waals surface area contributed by atoms with Crippen molar-refractivity contribution in [2.24, 2.45) is 5.41 Å². The Morgan fingerprint density at radius 2 is 1.50 bits per heavy atom. The van der Waals surface area contributed by atoms with Crippen molar-refractivity contribution >= 4 is 47.3 Å². The van der Waals surface area contributed by atoms with Gasteiger partial charge in [0.15, 0.2) is 0 Å². The number of carbonyl (C=O) groups is 4. The Labute approximate surface area is 282 Å². The molecule has 0 radical (unpaired) electrons. The van der Waals surface area contributed by atoms with Crippen molar-refractivity contribution in [1.82, 2.24) is 9.80 Å². The molecule has 2 aromatic rings. The SMILES string of the molecule is COC(=O)C[C@@]1(C)C[C@H](c2cccc(Cl)c2)[C@@H](c2ccc(Cl)cc2)N([C@@H](C)CCN(C(=O)OC(C)(C)C)C(=O)OC(C)(C)C)C1=O. The van der Waals surface area contributed by atoms with Gasteiger partial charge in [0.2, 0.25) is 5.91 Å². The summed E-state index contributed by atoms with van der Waals surface area (Å²) in [5.74, 6) is -1.02. The minimum absolute atomic E-state index is 0.0857. The summed E-state index contributed by atoms with van der Waals surface area (Å²) in [7, 11) is 1.30. The molecule has 252 valence electrons. The van der Waals surface area contributed by atoms with Gasteiger partial charge >= 0.3 is 18.2 Å². The second kappa shape index (κ2) is 14.6. The minimum atomic E-state index is -1.12. The Bertz CT molecular complexity index is 1390. The van der Waals surface area contributed by atoms with Gasteiger partial charge in [-0.1, -0.05) is 54.4 Å². The first-order chi connectivity index (χ1) is 21.2. The summed E-state index contributed by atoms with van der Waals surface area (Å²) in [6, 6.07) is 13.8. The number of hydrogen-bond donors (Lipinski definition) is 0. The van der Waals surface area contributed by atoms with Crippen LogP contribution in [0.3, 0.4) is 0 Å². The number of hydrogen-bond acceptors (Lipinski definition) is 7. The maximum absolute atomic E-state index is 14.6. The monoisotopic (exact) mass is 676 g/mol. The molecular formula is C35H46Cl2N2O7. The van der Waals surface area contributed by atoms with Crippen LogP contribution in [0, 0.1) is 5.41 Å². The average molecular weight is 678 g/mol. The largest absolute Gasteiger partial charge is 0.469 e. The summed E-state index contributed by atoms with van der Waals surface area (Å²) < 4.78 is 16.1. The average Bonchev–Trinajstić information content (AvgIpc) is 2.92. The topological polar surface area (TPSA) is 102 Å². The Kier molecular flexibility index (Phi) is 11.8. The van der Waals surface area contributed by atoms with Crippen molar-refractivity contribution in [1.29, 1.82) is 0 Å². The number of likely N-dealkylation sites (tertiary alicyclic amines) is 1. The molecule has 0 unspecified atom stereocenters. The number of imide groups is 1. The molecule has 0 bridgehead atoms. The maximum Gasteiger partial charge on any atom is 0.419 e. The van der Waals surface area contributed by atoms with Crippen LogP contribution >= 0.6 is 23.2 Å². The summed E-state index contributed by atoms with van der Waals surface area (Å²) >= 11 is 12.7. The zero-order valence-electron chi connectivity index (χ0n) is 28.2. The summed E-state index contributed by atoms with van der Waals surface area (Å²) in [5, 5.41) is 1.09. The predicted molar refractivity (Wildman–Crippen MR) is 178 cm³/mol. The fourth-order valence-electron chi connectivity index (χ4n) is 5.77. The lowest BCUT2D eigenvalue weighted by atomic mass is 9.67. The van der Waals surface area contributed by atoms with Crippen LogP contribution in [0.1, 0.15) is 97.7 Å². The van der Waals surface area contributed by atoms with Crippen LogP contribution in [-0.4, -0.2) is 64.8 Å². The van der Waals surface area contributed by atoms with Crippen LogP contribution in [0.25, 0.3) is 0 Å². The standard InChI is InChI=1S/C35H46Cl2N2O7/c1-22(17-18-38(31(42)45-33(2,3)4)32(43)46-34(5,6)7)39-29(23-13-15-25(36)16-14-23)27(24-11-10-12-26(37)19-24)20-35(8,30(39)41)21-28(40)44-9/h10-16,19,22,27,29H,17-18,20-21H2,1-9H3/t22-,27+,29+,35+/m0/s1. The number of benzene rings is 2. The summed E-state index contributed by atoms with van der Waals surface area (Å²) in [6.45, 7) is 13.8. The quantitative estimate of drug-likeness (QED) is 0.204. The van der Waals surface area contributed by atoms with E-state index in [0.29, 0.717) is 16.5 Å². The van der Waals surface area contributed by atoms with Crippen LogP contribution in [0.5, 0.6) is 0 Å². The highest BCUT2D eigenvalue weighted by Gasteiger charge is 2.52. The molecule has 0 N–H and O–H groups in total. The van der Waals surface area contributed by atoms with E-state index in [1.54, 1.807) is 71.6 Å². The molecule has 0 aliphatic carbocycles. The Morgan fingerprint density at radius 3 is 2.00 bits per heavy atom. The van der Waals surface area contributed by atoms with Gasteiger partial charge in [-0.2, -0.15) is 0 Å². The van der Waals surface area contributed by atoms with E-state index < -0.39 is 46.9 Å². The molecule has 0 saturated carbocycles. The second-order valence-electron chi connectivity index (χ2n) is 14.1. The Hall–Kier alpha value is -3.30. The summed E-state index contributed by atoms with van der Waals surface area (Å²) in [6.07, 6.45) is -1.27. The third-order valence-corrected chi connectivity index (χ3v) is 8.31. The molecule has 1 aliphatic rings. The molecule has 3 rings (SSSR count). The van der Waals surface area contributed by atoms with Gasteiger partial charge in [0, 0.05) is 28.5 Å². The maximum atomic E-state index is 14.6. The van der Waals surface area contributed by atoms with E-state index in [4.69, 9.17) is 37.4 Å². The normalized spacial score (nSPS) is 20.9. The fraction of sp³-hybridized carbons (Fsp3) is 0.543. The van der Waals surface area contributed by atoms with Gasteiger partial charge in [-0.25, -0.2) is 14.5 Å². The first-order valence-electron chi connectivity index (χ1n) is 15.4. The highest BCUT2D eigenvalue weighted by atomic mass is 35.5. The van der Waals surface area contributed by atoms with Crippen LogP contribution in [0.15, 0.2) is 48.5 Å². The number of piperidine rings is 1. The molecule has 1 aliphatic heterocycles. The number of carbonyl (C=O) groups excluding carboxylic acids is 4. The number of esters is 1. The second-order valence-corrected chi connectivity index (χ2v) is 15.0. The van der Waals surface area contributed by atoms with Crippen molar-refractivity contribution in [3.05, 3.63) is 69.7 Å². The Morgan fingerprint density at radius 1 is 0.935 bits per heavy atom. The Balaban J connectivity index is 2.10. The van der Waals surface area contributed by atoms with Gasteiger partial charge in [0.05, 0.1) is 25.0 Å². The van der Waals surface area contributed by atoms with Gasteiger partial charge in [0.1, 0.15) is 11.2 Å². The highest BCUT2D eigenvalue weighted by Crippen LogP contribution is 2.52. The van der Waals surface area contributed by atoms with E-state index in [1.807, 2.05) is 37.3 Å². The lowest BCUT2D eigenvalue weighted by molar-refractivity contribution is -0.161. The van der Waals surface area contributed by atoms with Crippen molar-refractivity contribution in [3.8, 4) is 0 Å². The molecule has 0 aromatic heterocycles. The van der Waals surface area contributed by atoms with Crippen molar-refractivity contribution < 1.29 is 33.4 Å². The van der Waals surface area contributed by atoms with Crippen molar-refractivity contribution in [2.75, 3.05) is 13.7 Å².